The van der Waals surface area contributed by atoms with E-state index in [2.05, 4.69) is 0 Å². The quantitative estimate of drug-likeness (QED) is 0.746. The lowest BCUT2D eigenvalue weighted by atomic mass is 10.0. The highest BCUT2D eigenvalue weighted by molar-refractivity contribution is 5.66. The molecule has 0 amide bonds. The number of aliphatic carboxylic acids is 1. The van der Waals surface area contributed by atoms with Crippen molar-refractivity contribution < 1.29 is 15.0 Å². The summed E-state index contributed by atoms with van der Waals surface area (Å²) in [6, 6.07) is 9.56. The maximum atomic E-state index is 10.2. The Kier molecular flexibility index (Phi) is 4.13. The van der Waals surface area contributed by atoms with E-state index in [-0.39, 0.29) is 6.42 Å². The molecule has 0 aromatic heterocycles. The fraction of sp³-hybridized carbons (Fsp3) is 0.364. The SMILES string of the molecule is O=C(O)CC[C@@H](O)Cc1ccccc1. The van der Waals surface area contributed by atoms with Gasteiger partial charge in [0.2, 0.25) is 0 Å². The standard InChI is InChI=1S/C11H14O3/c12-10(6-7-11(13)14)8-9-4-2-1-3-5-9/h1-5,10,12H,6-8H2,(H,13,14)/t10-/m1/s1. The highest BCUT2D eigenvalue weighted by Crippen LogP contribution is 2.07. The second-order valence-corrected chi connectivity index (χ2v) is 3.28. The van der Waals surface area contributed by atoms with Crippen molar-refractivity contribution in [3.05, 3.63) is 35.9 Å². The fourth-order valence-corrected chi connectivity index (χ4v) is 1.28. The van der Waals surface area contributed by atoms with Gasteiger partial charge in [-0.15, -0.1) is 0 Å². The van der Waals surface area contributed by atoms with Crippen LogP contribution in [0, 0.1) is 0 Å². The minimum absolute atomic E-state index is 0.0218. The minimum Gasteiger partial charge on any atom is -0.481 e. The third-order valence-electron chi connectivity index (χ3n) is 2.01. The van der Waals surface area contributed by atoms with E-state index in [9.17, 15) is 9.90 Å². The Morgan fingerprint density at radius 2 is 1.93 bits per heavy atom. The zero-order valence-corrected chi connectivity index (χ0v) is 7.89. The van der Waals surface area contributed by atoms with E-state index in [4.69, 9.17) is 5.11 Å². The molecule has 14 heavy (non-hydrogen) atoms. The smallest absolute Gasteiger partial charge is 0.303 e. The van der Waals surface area contributed by atoms with Crippen molar-refractivity contribution in [1.29, 1.82) is 0 Å². The van der Waals surface area contributed by atoms with E-state index in [1.807, 2.05) is 30.3 Å². The molecule has 0 aliphatic carbocycles. The molecule has 1 aromatic carbocycles. The van der Waals surface area contributed by atoms with Crippen LogP contribution in [-0.2, 0) is 11.2 Å². The van der Waals surface area contributed by atoms with Crippen molar-refractivity contribution in [2.45, 2.75) is 25.4 Å². The molecule has 1 atom stereocenters. The molecule has 0 fully saturated rings. The van der Waals surface area contributed by atoms with Crippen LogP contribution < -0.4 is 0 Å². The molecule has 0 saturated heterocycles. The number of carboxylic acids is 1. The maximum Gasteiger partial charge on any atom is 0.303 e. The monoisotopic (exact) mass is 194 g/mol. The molecule has 0 saturated carbocycles. The molecule has 0 aliphatic heterocycles. The van der Waals surface area contributed by atoms with Crippen LogP contribution in [0.4, 0.5) is 0 Å². The summed E-state index contributed by atoms with van der Waals surface area (Å²) in [7, 11) is 0. The van der Waals surface area contributed by atoms with Gasteiger partial charge in [-0.05, 0) is 18.4 Å². The third-order valence-corrected chi connectivity index (χ3v) is 2.01. The second kappa shape index (κ2) is 5.40. The molecule has 1 aromatic rings. The zero-order valence-electron chi connectivity index (χ0n) is 7.89. The zero-order chi connectivity index (χ0) is 10.4. The predicted octanol–water partition coefficient (Wildman–Crippen LogP) is 1.45. The van der Waals surface area contributed by atoms with Crippen molar-refractivity contribution in [2.75, 3.05) is 0 Å². The number of aliphatic hydroxyl groups excluding tert-OH is 1. The molecular formula is C11H14O3. The summed E-state index contributed by atoms with van der Waals surface area (Å²) in [5, 5.41) is 17.9. The number of hydrogen-bond donors (Lipinski definition) is 2. The summed E-state index contributed by atoms with van der Waals surface area (Å²) in [6.07, 6.45) is 0.292. The van der Waals surface area contributed by atoms with Gasteiger partial charge in [0.1, 0.15) is 0 Å². The first kappa shape index (κ1) is 10.7. The van der Waals surface area contributed by atoms with Gasteiger partial charge in [-0.25, -0.2) is 0 Å². The van der Waals surface area contributed by atoms with E-state index >= 15 is 0 Å². The lowest BCUT2D eigenvalue weighted by Crippen LogP contribution is -2.12. The van der Waals surface area contributed by atoms with Crippen LogP contribution in [0.25, 0.3) is 0 Å². The van der Waals surface area contributed by atoms with E-state index in [0.717, 1.165) is 5.56 Å². The van der Waals surface area contributed by atoms with Gasteiger partial charge in [-0.2, -0.15) is 0 Å². The fourth-order valence-electron chi connectivity index (χ4n) is 1.28. The summed E-state index contributed by atoms with van der Waals surface area (Å²) in [6.45, 7) is 0. The van der Waals surface area contributed by atoms with Crippen molar-refractivity contribution in [3.63, 3.8) is 0 Å². The van der Waals surface area contributed by atoms with Crippen LogP contribution in [0.5, 0.6) is 0 Å². The van der Waals surface area contributed by atoms with E-state index in [1.54, 1.807) is 0 Å². The van der Waals surface area contributed by atoms with Crippen molar-refractivity contribution in [3.8, 4) is 0 Å². The Morgan fingerprint density at radius 3 is 2.50 bits per heavy atom. The summed E-state index contributed by atoms with van der Waals surface area (Å²) in [5.74, 6) is -0.864. The number of aliphatic hydroxyl groups is 1. The first-order valence-corrected chi connectivity index (χ1v) is 4.62. The summed E-state index contributed by atoms with van der Waals surface area (Å²) in [5.41, 5.74) is 1.03. The van der Waals surface area contributed by atoms with Gasteiger partial charge in [0.25, 0.3) is 0 Å². The van der Waals surface area contributed by atoms with Crippen LogP contribution >= 0.6 is 0 Å². The van der Waals surface area contributed by atoms with Gasteiger partial charge in [-0.1, -0.05) is 30.3 Å². The van der Waals surface area contributed by atoms with Crippen molar-refractivity contribution >= 4 is 5.97 Å². The molecule has 3 nitrogen and oxygen atoms in total. The number of benzene rings is 1. The number of carboxylic acid groups (broad SMARTS) is 1. The van der Waals surface area contributed by atoms with Crippen LogP contribution in [0.2, 0.25) is 0 Å². The Balaban J connectivity index is 2.34. The normalized spacial score (nSPS) is 12.4. The first-order chi connectivity index (χ1) is 6.68. The van der Waals surface area contributed by atoms with E-state index in [0.29, 0.717) is 12.8 Å². The Bertz CT molecular complexity index is 282. The molecular weight excluding hydrogens is 180 g/mol. The predicted molar refractivity (Wildman–Crippen MR) is 53.0 cm³/mol. The van der Waals surface area contributed by atoms with E-state index < -0.39 is 12.1 Å². The van der Waals surface area contributed by atoms with Crippen LogP contribution in [0.3, 0.4) is 0 Å². The van der Waals surface area contributed by atoms with Gasteiger partial charge >= 0.3 is 5.97 Å². The molecule has 1 rings (SSSR count). The van der Waals surface area contributed by atoms with Crippen LogP contribution in [-0.4, -0.2) is 22.3 Å². The van der Waals surface area contributed by atoms with Crippen LogP contribution in [0.1, 0.15) is 18.4 Å². The average molecular weight is 194 g/mol. The molecule has 0 spiro atoms. The Morgan fingerprint density at radius 1 is 1.29 bits per heavy atom. The lowest BCUT2D eigenvalue weighted by molar-refractivity contribution is -0.137. The lowest BCUT2D eigenvalue weighted by Gasteiger charge is -2.08. The molecule has 3 heteroatoms. The van der Waals surface area contributed by atoms with Gasteiger partial charge in [0, 0.05) is 6.42 Å². The Hall–Kier alpha value is -1.35. The molecule has 0 unspecified atom stereocenters. The molecule has 0 radical (unpaired) electrons. The van der Waals surface area contributed by atoms with Gasteiger partial charge in [-0.3, -0.25) is 4.79 Å². The second-order valence-electron chi connectivity index (χ2n) is 3.28. The van der Waals surface area contributed by atoms with Crippen LogP contribution in [0.15, 0.2) is 30.3 Å². The van der Waals surface area contributed by atoms with Crippen molar-refractivity contribution in [2.24, 2.45) is 0 Å². The molecule has 0 heterocycles. The van der Waals surface area contributed by atoms with Gasteiger partial charge < -0.3 is 10.2 Å². The first-order valence-electron chi connectivity index (χ1n) is 4.62. The molecule has 0 bridgehead atoms. The minimum atomic E-state index is -0.864. The average Bonchev–Trinajstić information content (AvgIpc) is 2.16. The van der Waals surface area contributed by atoms with E-state index in [1.165, 1.54) is 0 Å². The largest absolute Gasteiger partial charge is 0.481 e. The van der Waals surface area contributed by atoms with Crippen molar-refractivity contribution in [1.82, 2.24) is 0 Å². The summed E-state index contributed by atoms with van der Waals surface area (Å²) in [4.78, 5) is 10.2. The van der Waals surface area contributed by atoms with Gasteiger partial charge in [0.05, 0.1) is 6.10 Å². The number of rotatable bonds is 5. The highest BCUT2D eigenvalue weighted by Gasteiger charge is 2.07. The number of carbonyl (C=O) groups is 1. The number of hydrogen-bond acceptors (Lipinski definition) is 2. The summed E-state index contributed by atoms with van der Waals surface area (Å²) < 4.78 is 0. The molecule has 76 valence electrons. The molecule has 2 N–H and O–H groups in total. The molecule has 0 aliphatic rings. The highest BCUT2D eigenvalue weighted by atomic mass is 16.4. The maximum absolute atomic E-state index is 10.2. The Labute approximate surface area is 83.0 Å². The summed E-state index contributed by atoms with van der Waals surface area (Å²) >= 11 is 0. The topological polar surface area (TPSA) is 57.5 Å². The van der Waals surface area contributed by atoms with Gasteiger partial charge in [0.15, 0.2) is 0 Å². The third kappa shape index (κ3) is 4.05.